The molecule has 0 radical (unpaired) electrons. The van der Waals surface area contributed by atoms with E-state index in [9.17, 15) is 9.00 Å². The van der Waals surface area contributed by atoms with Gasteiger partial charge in [-0.3, -0.25) is 9.00 Å². The monoisotopic (exact) mass is 449 g/mol. The summed E-state index contributed by atoms with van der Waals surface area (Å²) in [5.41, 5.74) is 4.19. The molecule has 0 bridgehead atoms. The smallest absolute Gasteiger partial charge is 0.251 e. The number of methoxy groups -OCH3 is 1. The van der Waals surface area contributed by atoms with Crippen LogP contribution in [0, 0.1) is 0 Å². The Balaban J connectivity index is 1.39. The number of nitrogens with one attached hydrogen (secondary N) is 1. The van der Waals surface area contributed by atoms with Crippen LogP contribution in [0.25, 0.3) is 0 Å². The van der Waals surface area contributed by atoms with Crippen LogP contribution in [-0.4, -0.2) is 36.1 Å². The van der Waals surface area contributed by atoms with Gasteiger partial charge in [0, 0.05) is 40.0 Å². The zero-order valence-corrected chi connectivity index (χ0v) is 19.1. The summed E-state index contributed by atoms with van der Waals surface area (Å²) < 4.78 is 23.1. The third kappa shape index (κ3) is 5.19. The summed E-state index contributed by atoms with van der Waals surface area (Å²) in [6, 6.07) is 21.3. The normalized spacial score (nSPS) is 13.9. The van der Waals surface area contributed by atoms with Gasteiger partial charge in [-0.25, -0.2) is 0 Å². The molecule has 32 heavy (non-hydrogen) atoms. The highest BCUT2D eigenvalue weighted by atomic mass is 32.2. The van der Waals surface area contributed by atoms with Gasteiger partial charge in [0.25, 0.3) is 5.91 Å². The number of carbonyl (C=O) groups excluding carboxylic acids is 1. The zero-order valence-electron chi connectivity index (χ0n) is 18.3. The Labute approximate surface area is 191 Å². The molecular formula is C26H27NO4S. The molecule has 0 saturated carbocycles. The molecule has 0 heterocycles. The first-order chi connectivity index (χ1) is 15.5. The first kappa shape index (κ1) is 22.1. The van der Waals surface area contributed by atoms with Gasteiger partial charge in [0.2, 0.25) is 0 Å². The SMILES string of the molecule is COc1ccc(C(=O)NC2Cc3ccccc3C2)cc1OCCc1cccc(S(C)=O)c1. The van der Waals surface area contributed by atoms with Crippen molar-refractivity contribution in [2.24, 2.45) is 0 Å². The molecule has 1 aliphatic rings. The molecule has 1 aliphatic carbocycles. The maximum atomic E-state index is 12.9. The fraction of sp³-hybridized carbons (Fsp3) is 0.269. The van der Waals surface area contributed by atoms with Gasteiger partial charge in [0.1, 0.15) is 0 Å². The number of hydrogen-bond donors (Lipinski definition) is 1. The first-order valence-corrected chi connectivity index (χ1v) is 12.2. The van der Waals surface area contributed by atoms with Crippen molar-refractivity contribution in [2.45, 2.75) is 30.2 Å². The van der Waals surface area contributed by atoms with Gasteiger partial charge in [-0.15, -0.1) is 0 Å². The van der Waals surface area contributed by atoms with Crippen LogP contribution in [0.15, 0.2) is 71.6 Å². The van der Waals surface area contributed by atoms with E-state index in [1.807, 2.05) is 36.4 Å². The molecule has 1 N–H and O–H groups in total. The van der Waals surface area contributed by atoms with Crippen LogP contribution >= 0.6 is 0 Å². The second kappa shape index (κ2) is 10.0. The number of hydrogen-bond acceptors (Lipinski definition) is 4. The van der Waals surface area contributed by atoms with Crippen molar-refractivity contribution in [2.75, 3.05) is 20.0 Å². The quantitative estimate of drug-likeness (QED) is 0.566. The van der Waals surface area contributed by atoms with Gasteiger partial charge in [0.15, 0.2) is 11.5 Å². The first-order valence-electron chi connectivity index (χ1n) is 10.6. The van der Waals surface area contributed by atoms with E-state index in [1.165, 1.54) is 11.1 Å². The maximum absolute atomic E-state index is 12.9. The minimum absolute atomic E-state index is 0.0998. The van der Waals surface area contributed by atoms with Crippen molar-refractivity contribution in [3.05, 3.63) is 89.0 Å². The topological polar surface area (TPSA) is 64.6 Å². The van der Waals surface area contributed by atoms with E-state index in [0.29, 0.717) is 30.1 Å². The van der Waals surface area contributed by atoms with Crippen LogP contribution in [0.4, 0.5) is 0 Å². The van der Waals surface area contributed by atoms with Gasteiger partial charge >= 0.3 is 0 Å². The van der Waals surface area contributed by atoms with Gasteiger partial charge in [0.05, 0.1) is 13.7 Å². The van der Waals surface area contributed by atoms with Crippen LogP contribution in [0.3, 0.4) is 0 Å². The lowest BCUT2D eigenvalue weighted by Gasteiger charge is -2.15. The highest BCUT2D eigenvalue weighted by Crippen LogP contribution is 2.29. The number of carbonyl (C=O) groups is 1. The molecule has 1 atom stereocenters. The standard InChI is InChI=1S/C26H27NO4S/c1-30-24-11-10-21(26(28)27-22-15-19-7-3-4-8-20(19)16-22)17-25(24)31-13-12-18-6-5-9-23(14-18)32(2)29/h3-11,14,17,22H,12-13,15-16H2,1-2H3,(H,27,28). The molecule has 0 spiro atoms. The van der Waals surface area contributed by atoms with Gasteiger partial charge in [-0.05, 0) is 59.9 Å². The molecule has 1 unspecified atom stereocenters. The van der Waals surface area contributed by atoms with Crippen molar-refractivity contribution in [3.8, 4) is 11.5 Å². The van der Waals surface area contributed by atoms with Crippen LogP contribution in [0.1, 0.15) is 27.0 Å². The Hall–Kier alpha value is -3.12. The molecule has 0 fully saturated rings. The zero-order chi connectivity index (χ0) is 22.5. The fourth-order valence-electron chi connectivity index (χ4n) is 4.02. The number of fused-ring (bicyclic) bond motifs is 1. The van der Waals surface area contributed by atoms with E-state index in [1.54, 1.807) is 31.6 Å². The summed E-state index contributed by atoms with van der Waals surface area (Å²) in [7, 11) is 0.566. The Kier molecular flexibility index (Phi) is 6.90. The molecule has 166 valence electrons. The Morgan fingerprint density at radius 1 is 1.00 bits per heavy atom. The van der Waals surface area contributed by atoms with Gasteiger partial charge in [-0.1, -0.05) is 36.4 Å². The van der Waals surface area contributed by atoms with E-state index < -0.39 is 10.8 Å². The van der Waals surface area contributed by atoms with E-state index in [-0.39, 0.29) is 11.9 Å². The molecule has 0 saturated heterocycles. The second-order valence-corrected chi connectivity index (χ2v) is 9.29. The lowest BCUT2D eigenvalue weighted by atomic mass is 10.1. The van der Waals surface area contributed by atoms with Gasteiger partial charge < -0.3 is 14.8 Å². The fourth-order valence-corrected chi connectivity index (χ4v) is 4.61. The molecule has 6 heteroatoms. The minimum Gasteiger partial charge on any atom is -0.493 e. The summed E-state index contributed by atoms with van der Waals surface area (Å²) in [5.74, 6) is 0.997. The predicted molar refractivity (Wildman–Crippen MR) is 126 cm³/mol. The Morgan fingerprint density at radius 3 is 2.44 bits per heavy atom. The number of amides is 1. The Morgan fingerprint density at radius 2 is 1.75 bits per heavy atom. The van der Waals surface area contributed by atoms with Crippen molar-refractivity contribution in [1.82, 2.24) is 5.32 Å². The molecule has 0 aromatic heterocycles. The summed E-state index contributed by atoms with van der Waals surface area (Å²) in [6.45, 7) is 0.416. The summed E-state index contributed by atoms with van der Waals surface area (Å²) in [6.07, 6.45) is 4.03. The average molecular weight is 450 g/mol. The number of benzene rings is 3. The second-order valence-electron chi connectivity index (χ2n) is 7.91. The molecule has 3 aromatic carbocycles. The number of ether oxygens (including phenoxy) is 2. The maximum Gasteiger partial charge on any atom is 0.251 e. The van der Waals surface area contributed by atoms with Crippen molar-refractivity contribution < 1.29 is 18.5 Å². The third-order valence-corrected chi connectivity index (χ3v) is 6.61. The molecule has 4 rings (SSSR count). The lowest BCUT2D eigenvalue weighted by molar-refractivity contribution is 0.0938. The molecule has 1 amide bonds. The Bertz CT molecular complexity index is 1120. The summed E-state index contributed by atoms with van der Waals surface area (Å²) in [5, 5.41) is 3.14. The van der Waals surface area contributed by atoms with E-state index in [4.69, 9.17) is 9.47 Å². The van der Waals surface area contributed by atoms with Crippen molar-refractivity contribution in [1.29, 1.82) is 0 Å². The van der Waals surface area contributed by atoms with Crippen molar-refractivity contribution >= 4 is 16.7 Å². The van der Waals surface area contributed by atoms with E-state index in [0.717, 1.165) is 23.3 Å². The lowest BCUT2D eigenvalue weighted by Crippen LogP contribution is -2.35. The highest BCUT2D eigenvalue weighted by Gasteiger charge is 2.23. The highest BCUT2D eigenvalue weighted by molar-refractivity contribution is 7.84. The summed E-state index contributed by atoms with van der Waals surface area (Å²) in [4.78, 5) is 13.7. The van der Waals surface area contributed by atoms with Crippen LogP contribution in [0.5, 0.6) is 11.5 Å². The van der Waals surface area contributed by atoms with E-state index >= 15 is 0 Å². The summed E-state index contributed by atoms with van der Waals surface area (Å²) >= 11 is 0. The van der Waals surface area contributed by atoms with E-state index in [2.05, 4.69) is 17.4 Å². The largest absolute Gasteiger partial charge is 0.493 e. The van der Waals surface area contributed by atoms with Crippen LogP contribution < -0.4 is 14.8 Å². The molecule has 3 aromatic rings. The van der Waals surface area contributed by atoms with Crippen LogP contribution in [-0.2, 0) is 30.1 Å². The third-order valence-electron chi connectivity index (χ3n) is 5.69. The van der Waals surface area contributed by atoms with Crippen LogP contribution in [0.2, 0.25) is 0 Å². The molecule has 0 aliphatic heterocycles. The van der Waals surface area contributed by atoms with Crippen molar-refractivity contribution in [3.63, 3.8) is 0 Å². The minimum atomic E-state index is -1.01. The molecular weight excluding hydrogens is 422 g/mol. The van der Waals surface area contributed by atoms with Gasteiger partial charge in [-0.2, -0.15) is 0 Å². The predicted octanol–water partition coefficient (Wildman–Crippen LogP) is 3.95. The average Bonchev–Trinajstić information content (AvgIpc) is 3.21. The number of rotatable bonds is 8. The molecule has 5 nitrogen and oxygen atoms in total.